The maximum atomic E-state index is 11.4. The summed E-state index contributed by atoms with van der Waals surface area (Å²) in [5.41, 5.74) is 2.14. The first-order chi connectivity index (χ1) is 11.5. The molecule has 0 saturated carbocycles. The van der Waals surface area contributed by atoms with Gasteiger partial charge in [0.25, 0.3) is 0 Å². The number of nitrogens with one attached hydrogen (secondary N) is 1. The third kappa shape index (κ3) is 3.71. The molecule has 2 aromatic rings. The van der Waals surface area contributed by atoms with Gasteiger partial charge in [-0.05, 0) is 54.8 Å². The van der Waals surface area contributed by atoms with Crippen LogP contribution in [0.15, 0.2) is 49.1 Å². The summed E-state index contributed by atoms with van der Waals surface area (Å²) in [5.74, 6) is 1.97. The molecule has 0 fully saturated rings. The zero-order valence-electron chi connectivity index (χ0n) is 13.3. The van der Waals surface area contributed by atoms with Crippen LogP contribution in [0, 0.1) is 6.92 Å². The highest BCUT2D eigenvalue weighted by Crippen LogP contribution is 2.34. The summed E-state index contributed by atoms with van der Waals surface area (Å²) < 4.78 is 11.7. The largest absolute Gasteiger partial charge is 0.491 e. The van der Waals surface area contributed by atoms with Crippen LogP contribution in [0.25, 0.3) is 0 Å². The average Bonchev–Trinajstić information content (AvgIpc) is 2.55. The number of hydrogen-bond acceptors (Lipinski definition) is 3. The van der Waals surface area contributed by atoms with Gasteiger partial charge in [-0.15, -0.1) is 0 Å². The van der Waals surface area contributed by atoms with Crippen molar-refractivity contribution in [1.82, 2.24) is 5.32 Å². The van der Waals surface area contributed by atoms with Gasteiger partial charge in [-0.2, -0.15) is 0 Å². The van der Waals surface area contributed by atoms with E-state index in [9.17, 15) is 4.79 Å². The SMILES string of the molecule is C=CC(=O)NC1COc2cc(Oc3cccc(Cl)c3)cc(C)c2C1. The van der Waals surface area contributed by atoms with Crippen molar-refractivity contribution < 1.29 is 14.3 Å². The van der Waals surface area contributed by atoms with Gasteiger partial charge in [0.1, 0.15) is 23.9 Å². The highest BCUT2D eigenvalue weighted by Gasteiger charge is 2.23. The fraction of sp³-hybridized carbons (Fsp3) is 0.211. The summed E-state index contributed by atoms with van der Waals surface area (Å²) in [6, 6.07) is 11.0. The molecule has 5 heteroatoms. The molecule has 2 aromatic carbocycles. The first-order valence-corrected chi connectivity index (χ1v) is 8.05. The van der Waals surface area contributed by atoms with Crippen LogP contribution in [0.1, 0.15) is 11.1 Å². The topological polar surface area (TPSA) is 47.6 Å². The van der Waals surface area contributed by atoms with E-state index in [4.69, 9.17) is 21.1 Å². The molecule has 0 spiro atoms. The molecule has 1 unspecified atom stereocenters. The minimum absolute atomic E-state index is 0.0543. The van der Waals surface area contributed by atoms with Gasteiger partial charge in [0.2, 0.25) is 5.91 Å². The number of carbonyl (C=O) groups is 1. The van der Waals surface area contributed by atoms with Crippen LogP contribution in [-0.2, 0) is 11.2 Å². The van der Waals surface area contributed by atoms with Crippen LogP contribution >= 0.6 is 11.6 Å². The Hall–Kier alpha value is -2.46. The molecule has 1 atom stereocenters. The Morgan fingerprint density at radius 3 is 2.96 bits per heavy atom. The Balaban J connectivity index is 1.79. The van der Waals surface area contributed by atoms with Crippen LogP contribution in [0.3, 0.4) is 0 Å². The second-order valence-corrected chi connectivity index (χ2v) is 6.14. The highest BCUT2D eigenvalue weighted by molar-refractivity contribution is 6.30. The van der Waals surface area contributed by atoms with Crippen molar-refractivity contribution in [3.8, 4) is 17.2 Å². The summed E-state index contributed by atoms with van der Waals surface area (Å²) >= 11 is 5.98. The molecule has 24 heavy (non-hydrogen) atoms. The third-order valence-corrected chi connectivity index (χ3v) is 4.09. The molecule has 1 heterocycles. The predicted octanol–water partition coefficient (Wildman–Crippen LogP) is 4.05. The fourth-order valence-corrected chi connectivity index (χ4v) is 2.90. The second-order valence-electron chi connectivity index (χ2n) is 5.70. The number of rotatable bonds is 4. The first-order valence-electron chi connectivity index (χ1n) is 7.68. The second kappa shape index (κ2) is 6.97. The summed E-state index contributed by atoms with van der Waals surface area (Å²) in [7, 11) is 0. The lowest BCUT2D eigenvalue weighted by Gasteiger charge is -2.27. The molecule has 0 aliphatic carbocycles. The minimum Gasteiger partial charge on any atom is -0.491 e. The molecular weight excluding hydrogens is 326 g/mol. The van der Waals surface area contributed by atoms with Crippen LogP contribution < -0.4 is 14.8 Å². The number of aryl methyl sites for hydroxylation is 1. The molecule has 1 aliphatic rings. The van der Waals surface area contributed by atoms with Gasteiger partial charge in [-0.3, -0.25) is 4.79 Å². The number of amides is 1. The number of hydrogen-bond donors (Lipinski definition) is 1. The van der Waals surface area contributed by atoms with E-state index >= 15 is 0 Å². The van der Waals surface area contributed by atoms with Crippen LogP contribution in [0.5, 0.6) is 17.2 Å². The Labute approximate surface area is 146 Å². The van der Waals surface area contributed by atoms with Crippen molar-refractivity contribution in [2.75, 3.05) is 6.61 Å². The van der Waals surface area contributed by atoms with Crippen molar-refractivity contribution in [2.45, 2.75) is 19.4 Å². The zero-order valence-corrected chi connectivity index (χ0v) is 14.1. The molecular formula is C19H18ClNO3. The lowest BCUT2D eigenvalue weighted by Crippen LogP contribution is -2.42. The Morgan fingerprint density at radius 1 is 1.38 bits per heavy atom. The normalized spacial score (nSPS) is 15.8. The van der Waals surface area contributed by atoms with Crippen LogP contribution in [-0.4, -0.2) is 18.6 Å². The molecule has 1 amide bonds. The lowest BCUT2D eigenvalue weighted by atomic mass is 9.97. The van der Waals surface area contributed by atoms with Crippen LogP contribution in [0.4, 0.5) is 0 Å². The molecule has 0 aromatic heterocycles. The first kappa shape index (κ1) is 16.4. The summed E-state index contributed by atoms with van der Waals surface area (Å²) in [5, 5.41) is 3.49. The number of fused-ring (bicyclic) bond motifs is 1. The van der Waals surface area contributed by atoms with Gasteiger partial charge in [-0.25, -0.2) is 0 Å². The highest BCUT2D eigenvalue weighted by atomic mass is 35.5. The van der Waals surface area contributed by atoms with E-state index in [2.05, 4.69) is 11.9 Å². The van der Waals surface area contributed by atoms with E-state index in [1.54, 1.807) is 12.1 Å². The Kier molecular flexibility index (Phi) is 4.76. The summed E-state index contributed by atoms with van der Waals surface area (Å²) in [6.07, 6.45) is 1.99. The van der Waals surface area contributed by atoms with Crippen LogP contribution in [0.2, 0.25) is 5.02 Å². The Morgan fingerprint density at radius 2 is 2.21 bits per heavy atom. The number of ether oxygens (including phenoxy) is 2. The van der Waals surface area contributed by atoms with Gasteiger partial charge in [0.15, 0.2) is 0 Å². The molecule has 3 rings (SSSR count). The summed E-state index contributed by atoms with van der Waals surface area (Å²) in [4.78, 5) is 11.4. The van der Waals surface area contributed by atoms with Gasteiger partial charge in [0, 0.05) is 11.1 Å². The standard InChI is InChI=1S/C19H18ClNO3/c1-3-19(22)21-14-9-17-12(2)7-16(10-18(17)23-11-14)24-15-6-4-5-13(20)8-15/h3-8,10,14H,1,9,11H2,2H3,(H,21,22). The molecule has 0 bridgehead atoms. The average molecular weight is 344 g/mol. The summed E-state index contributed by atoms with van der Waals surface area (Å²) in [6.45, 7) is 5.89. The van der Waals surface area contributed by atoms with Gasteiger partial charge >= 0.3 is 0 Å². The van der Waals surface area contributed by atoms with Gasteiger partial charge < -0.3 is 14.8 Å². The van der Waals surface area contributed by atoms with E-state index in [1.807, 2.05) is 31.2 Å². The minimum atomic E-state index is -0.189. The lowest BCUT2D eigenvalue weighted by molar-refractivity contribution is -0.117. The maximum absolute atomic E-state index is 11.4. The number of carbonyl (C=O) groups excluding carboxylic acids is 1. The zero-order chi connectivity index (χ0) is 17.1. The van der Waals surface area contributed by atoms with Crippen molar-refractivity contribution >= 4 is 17.5 Å². The molecule has 1 N–H and O–H groups in total. The van der Waals surface area contributed by atoms with Gasteiger partial charge in [-0.1, -0.05) is 24.2 Å². The van der Waals surface area contributed by atoms with E-state index in [-0.39, 0.29) is 11.9 Å². The van der Waals surface area contributed by atoms with Crippen molar-refractivity contribution in [3.63, 3.8) is 0 Å². The molecule has 4 nitrogen and oxygen atoms in total. The number of benzene rings is 2. The van der Waals surface area contributed by atoms with Gasteiger partial charge in [0.05, 0.1) is 6.04 Å². The van der Waals surface area contributed by atoms with Crippen molar-refractivity contribution in [2.24, 2.45) is 0 Å². The van der Waals surface area contributed by atoms with Crippen molar-refractivity contribution in [1.29, 1.82) is 0 Å². The fourth-order valence-electron chi connectivity index (χ4n) is 2.72. The predicted molar refractivity (Wildman–Crippen MR) is 94.0 cm³/mol. The number of halogens is 1. The van der Waals surface area contributed by atoms with Crippen molar-refractivity contribution in [3.05, 3.63) is 65.2 Å². The van der Waals surface area contributed by atoms with E-state index in [0.717, 1.165) is 23.3 Å². The molecule has 124 valence electrons. The monoisotopic (exact) mass is 343 g/mol. The molecule has 1 aliphatic heterocycles. The third-order valence-electron chi connectivity index (χ3n) is 3.86. The smallest absolute Gasteiger partial charge is 0.243 e. The Bertz CT molecular complexity index is 788. The van der Waals surface area contributed by atoms with E-state index in [1.165, 1.54) is 6.08 Å². The molecule has 0 saturated heterocycles. The van der Waals surface area contributed by atoms with E-state index in [0.29, 0.717) is 23.1 Å². The van der Waals surface area contributed by atoms with E-state index < -0.39 is 0 Å². The maximum Gasteiger partial charge on any atom is 0.243 e. The quantitative estimate of drug-likeness (QED) is 0.852. The molecule has 0 radical (unpaired) electrons.